The molecule has 2 N–H and O–H groups in total. The molecule has 20 heavy (non-hydrogen) atoms. The summed E-state index contributed by atoms with van der Waals surface area (Å²) in [4.78, 5) is 16.5. The molecule has 0 unspecified atom stereocenters. The lowest BCUT2D eigenvalue weighted by Crippen LogP contribution is -2.42. The van der Waals surface area contributed by atoms with Crippen LogP contribution in [0.4, 0.5) is 0 Å². The molecule has 0 aliphatic heterocycles. The maximum atomic E-state index is 12.1. The molecule has 0 saturated carbocycles. The van der Waals surface area contributed by atoms with Crippen LogP contribution >= 0.6 is 0 Å². The number of rotatable bonds is 4. The number of carbonyl (C=O) groups is 1. The average molecular weight is 274 g/mol. The van der Waals surface area contributed by atoms with Gasteiger partial charge < -0.3 is 15.2 Å². The lowest BCUT2D eigenvalue weighted by atomic mass is 10.1. The summed E-state index contributed by atoms with van der Waals surface area (Å²) in [7, 11) is 1.91. The van der Waals surface area contributed by atoms with Gasteiger partial charge in [0.05, 0.1) is 0 Å². The Morgan fingerprint density at radius 3 is 2.80 bits per heavy atom. The van der Waals surface area contributed by atoms with Crippen LogP contribution in [0.5, 0.6) is 0 Å². The highest BCUT2D eigenvalue weighted by Gasteiger charge is 2.16. The third-order valence-corrected chi connectivity index (χ3v) is 2.91. The summed E-state index contributed by atoms with van der Waals surface area (Å²) in [5.41, 5.74) is 1.78. The first-order valence-corrected chi connectivity index (χ1v) is 6.79. The number of fused-ring (bicyclic) bond motifs is 1. The molecule has 5 heteroatoms. The van der Waals surface area contributed by atoms with Crippen LogP contribution in [0.1, 0.15) is 26.3 Å². The lowest BCUT2D eigenvalue weighted by molar-refractivity contribution is -0.123. The molecule has 2 rings (SSSR count). The topological polar surface area (TPSA) is 59.0 Å². The van der Waals surface area contributed by atoms with E-state index in [4.69, 9.17) is 0 Å². The van der Waals surface area contributed by atoms with Gasteiger partial charge in [0.2, 0.25) is 5.91 Å². The van der Waals surface area contributed by atoms with Crippen molar-refractivity contribution in [3.63, 3.8) is 0 Å². The first-order chi connectivity index (χ1) is 9.40. The largest absolute Gasteiger partial charge is 0.350 e. The van der Waals surface area contributed by atoms with E-state index < -0.39 is 0 Å². The van der Waals surface area contributed by atoms with Gasteiger partial charge in [0.25, 0.3) is 0 Å². The molecule has 0 aliphatic rings. The smallest absolute Gasteiger partial charge is 0.240 e. The minimum Gasteiger partial charge on any atom is -0.350 e. The summed E-state index contributed by atoms with van der Waals surface area (Å²) in [6.45, 7) is 6.97. The zero-order valence-electron chi connectivity index (χ0n) is 12.5. The van der Waals surface area contributed by atoms with E-state index in [0.29, 0.717) is 0 Å². The molecule has 2 aromatic rings. The van der Waals surface area contributed by atoms with E-state index in [1.165, 1.54) is 0 Å². The highest BCUT2D eigenvalue weighted by Crippen LogP contribution is 2.19. The van der Waals surface area contributed by atoms with Crippen molar-refractivity contribution in [2.75, 3.05) is 7.05 Å². The summed E-state index contributed by atoms with van der Waals surface area (Å²) < 4.78 is 1.91. The first kappa shape index (κ1) is 14.5. The molecule has 108 valence electrons. The summed E-state index contributed by atoms with van der Waals surface area (Å²) in [5, 5.41) is 7.20. The standard InChI is InChI=1S/C15H22N4O/c1-15(2,3)18-13(20)10-19-9-11(8-16-4)12-6-5-7-17-14(12)19/h5-7,9,16H,8,10H2,1-4H3,(H,18,20). The molecule has 0 fully saturated rings. The molecular formula is C15H22N4O. The first-order valence-electron chi connectivity index (χ1n) is 6.79. The van der Waals surface area contributed by atoms with Crippen molar-refractivity contribution in [1.82, 2.24) is 20.2 Å². The average Bonchev–Trinajstić information content (AvgIpc) is 2.66. The fourth-order valence-electron chi connectivity index (χ4n) is 2.26. The van der Waals surface area contributed by atoms with Crippen molar-refractivity contribution in [2.24, 2.45) is 0 Å². The van der Waals surface area contributed by atoms with E-state index in [0.717, 1.165) is 23.1 Å². The number of hydrogen-bond donors (Lipinski definition) is 2. The second kappa shape index (κ2) is 5.63. The molecule has 0 spiro atoms. The van der Waals surface area contributed by atoms with Gasteiger partial charge in [0.15, 0.2) is 0 Å². The Labute approximate surface area is 119 Å². The van der Waals surface area contributed by atoms with Crippen molar-refractivity contribution in [1.29, 1.82) is 0 Å². The van der Waals surface area contributed by atoms with Crippen molar-refractivity contribution in [2.45, 2.75) is 39.4 Å². The van der Waals surface area contributed by atoms with Crippen molar-refractivity contribution >= 4 is 16.9 Å². The third kappa shape index (κ3) is 3.36. The van der Waals surface area contributed by atoms with E-state index in [9.17, 15) is 4.79 Å². The van der Waals surface area contributed by atoms with Crippen LogP contribution in [0.2, 0.25) is 0 Å². The molecule has 0 aliphatic carbocycles. The van der Waals surface area contributed by atoms with Crippen LogP contribution in [0.15, 0.2) is 24.5 Å². The van der Waals surface area contributed by atoms with Gasteiger partial charge in [-0.25, -0.2) is 4.98 Å². The van der Waals surface area contributed by atoms with Gasteiger partial charge in [0, 0.05) is 29.9 Å². The number of pyridine rings is 1. The predicted molar refractivity (Wildman–Crippen MR) is 80.4 cm³/mol. The fraction of sp³-hybridized carbons (Fsp3) is 0.467. The zero-order valence-corrected chi connectivity index (χ0v) is 12.5. The third-order valence-electron chi connectivity index (χ3n) is 2.91. The van der Waals surface area contributed by atoms with Gasteiger partial charge in [-0.3, -0.25) is 4.79 Å². The fourth-order valence-corrected chi connectivity index (χ4v) is 2.26. The summed E-state index contributed by atoms with van der Waals surface area (Å²) in [6.07, 6.45) is 3.75. The van der Waals surface area contributed by atoms with Crippen LogP contribution in [0.3, 0.4) is 0 Å². The van der Waals surface area contributed by atoms with Gasteiger partial charge in [-0.1, -0.05) is 0 Å². The maximum absolute atomic E-state index is 12.1. The molecule has 0 saturated heterocycles. The Morgan fingerprint density at radius 1 is 1.40 bits per heavy atom. The SMILES string of the molecule is CNCc1cn(CC(=O)NC(C)(C)C)c2ncccc12. The number of nitrogens with zero attached hydrogens (tertiary/aromatic N) is 2. The number of aromatic nitrogens is 2. The van der Waals surface area contributed by atoms with E-state index in [-0.39, 0.29) is 18.0 Å². The van der Waals surface area contributed by atoms with Crippen LogP contribution in [0.25, 0.3) is 11.0 Å². The Bertz CT molecular complexity index is 610. The monoisotopic (exact) mass is 274 g/mol. The lowest BCUT2D eigenvalue weighted by Gasteiger charge is -2.20. The highest BCUT2D eigenvalue weighted by atomic mass is 16.2. The Kier molecular flexibility index (Phi) is 4.09. The van der Waals surface area contributed by atoms with E-state index >= 15 is 0 Å². The second-order valence-corrected chi connectivity index (χ2v) is 5.99. The van der Waals surface area contributed by atoms with E-state index in [2.05, 4.69) is 15.6 Å². The Balaban J connectivity index is 2.28. The van der Waals surface area contributed by atoms with Gasteiger partial charge in [-0.15, -0.1) is 0 Å². The van der Waals surface area contributed by atoms with Gasteiger partial charge in [-0.2, -0.15) is 0 Å². The maximum Gasteiger partial charge on any atom is 0.240 e. The number of hydrogen-bond acceptors (Lipinski definition) is 3. The number of amides is 1. The Hall–Kier alpha value is -1.88. The van der Waals surface area contributed by atoms with E-state index in [1.807, 2.05) is 50.7 Å². The van der Waals surface area contributed by atoms with Gasteiger partial charge in [0.1, 0.15) is 12.2 Å². The summed E-state index contributed by atoms with van der Waals surface area (Å²) in [6, 6.07) is 3.95. The van der Waals surface area contributed by atoms with Crippen LogP contribution in [-0.2, 0) is 17.9 Å². The molecule has 0 aromatic carbocycles. The molecule has 5 nitrogen and oxygen atoms in total. The Morgan fingerprint density at radius 2 is 2.15 bits per heavy atom. The quantitative estimate of drug-likeness (QED) is 0.891. The molecule has 1 amide bonds. The van der Waals surface area contributed by atoms with Crippen LogP contribution in [-0.4, -0.2) is 28.0 Å². The number of carbonyl (C=O) groups excluding carboxylic acids is 1. The molecule has 0 atom stereocenters. The van der Waals surface area contributed by atoms with Crippen molar-refractivity contribution in [3.8, 4) is 0 Å². The molecule has 0 bridgehead atoms. The molecule has 2 aromatic heterocycles. The van der Waals surface area contributed by atoms with Gasteiger partial charge >= 0.3 is 0 Å². The van der Waals surface area contributed by atoms with Crippen LogP contribution < -0.4 is 10.6 Å². The second-order valence-electron chi connectivity index (χ2n) is 5.99. The minimum absolute atomic E-state index is 0.00365. The van der Waals surface area contributed by atoms with E-state index in [1.54, 1.807) is 6.20 Å². The molecule has 2 heterocycles. The predicted octanol–water partition coefficient (Wildman–Crippen LogP) is 1.67. The van der Waals surface area contributed by atoms with Crippen molar-refractivity contribution < 1.29 is 4.79 Å². The van der Waals surface area contributed by atoms with Gasteiger partial charge in [-0.05, 0) is 45.5 Å². The molecular weight excluding hydrogens is 252 g/mol. The van der Waals surface area contributed by atoms with Crippen LogP contribution in [0, 0.1) is 0 Å². The highest BCUT2D eigenvalue weighted by molar-refractivity contribution is 5.83. The summed E-state index contributed by atoms with van der Waals surface area (Å²) >= 11 is 0. The minimum atomic E-state index is -0.221. The van der Waals surface area contributed by atoms with Crippen molar-refractivity contribution in [3.05, 3.63) is 30.1 Å². The number of nitrogens with one attached hydrogen (secondary N) is 2. The zero-order chi connectivity index (χ0) is 14.8. The summed E-state index contributed by atoms with van der Waals surface area (Å²) in [5.74, 6) is -0.00365. The normalized spacial score (nSPS) is 11.8. The molecule has 0 radical (unpaired) electrons.